The second-order valence-electron chi connectivity index (χ2n) is 5.90. The van der Waals surface area contributed by atoms with Gasteiger partial charge in [0.25, 0.3) is 0 Å². The molecule has 1 saturated heterocycles. The Kier molecular flexibility index (Phi) is 3.64. The van der Waals surface area contributed by atoms with Crippen molar-refractivity contribution in [2.45, 2.75) is 38.8 Å². The molecule has 0 spiro atoms. The number of nitrogens with zero attached hydrogens (tertiary/aromatic N) is 5. The summed E-state index contributed by atoms with van der Waals surface area (Å²) in [4.78, 5) is 14.5. The molecule has 22 heavy (non-hydrogen) atoms. The van der Waals surface area contributed by atoms with Crippen molar-refractivity contribution in [3.63, 3.8) is 0 Å². The van der Waals surface area contributed by atoms with E-state index < -0.39 is 12.4 Å². The van der Waals surface area contributed by atoms with Gasteiger partial charge >= 0.3 is 0 Å². The molecular weight excluding hydrogens is 287 g/mol. The summed E-state index contributed by atoms with van der Waals surface area (Å²) >= 11 is 0. The number of fused-ring (bicyclic) bond motifs is 1. The molecule has 4 atom stereocenters. The normalized spacial score (nSPS) is 28.4. The minimum atomic E-state index is -1.11. The second-order valence-corrected chi connectivity index (χ2v) is 5.90. The van der Waals surface area contributed by atoms with Gasteiger partial charge in [0.05, 0.1) is 12.4 Å². The Morgan fingerprint density at radius 1 is 1.41 bits per heavy atom. The second kappa shape index (κ2) is 5.35. The van der Waals surface area contributed by atoms with Gasteiger partial charge in [-0.2, -0.15) is 9.97 Å². The van der Waals surface area contributed by atoms with E-state index in [4.69, 9.17) is 10.5 Å². The van der Waals surface area contributed by atoms with Crippen LogP contribution in [-0.4, -0.2) is 45.9 Å². The van der Waals surface area contributed by atoms with Crippen LogP contribution in [0.25, 0.3) is 11.2 Å². The summed E-state index contributed by atoms with van der Waals surface area (Å²) in [6, 6.07) is 0. The zero-order valence-electron chi connectivity index (χ0n) is 13.2. The van der Waals surface area contributed by atoms with Crippen molar-refractivity contribution in [2.24, 2.45) is 5.92 Å². The van der Waals surface area contributed by atoms with Crippen LogP contribution in [0.3, 0.4) is 0 Å². The summed E-state index contributed by atoms with van der Waals surface area (Å²) in [6.07, 6.45) is 0.374. The first-order chi connectivity index (χ1) is 10.4. The zero-order chi connectivity index (χ0) is 16.0. The van der Waals surface area contributed by atoms with Gasteiger partial charge in [0, 0.05) is 20.0 Å². The van der Waals surface area contributed by atoms with Crippen molar-refractivity contribution in [3.05, 3.63) is 6.33 Å². The predicted molar refractivity (Wildman–Crippen MR) is 82.3 cm³/mol. The third-order valence-electron chi connectivity index (χ3n) is 4.20. The molecule has 2 aromatic rings. The highest BCUT2D eigenvalue weighted by Gasteiger charge is 2.43. The van der Waals surface area contributed by atoms with Crippen molar-refractivity contribution < 1.29 is 9.13 Å². The van der Waals surface area contributed by atoms with Crippen LogP contribution < -0.4 is 10.6 Å². The summed E-state index contributed by atoms with van der Waals surface area (Å²) in [5.41, 5.74) is 6.86. The summed E-state index contributed by atoms with van der Waals surface area (Å²) in [6.45, 7) is 3.86. The van der Waals surface area contributed by atoms with Crippen LogP contribution in [0.4, 0.5) is 16.2 Å². The number of hydrogen-bond acceptors (Lipinski definition) is 6. The van der Waals surface area contributed by atoms with Gasteiger partial charge in [-0.3, -0.25) is 4.57 Å². The molecule has 120 valence electrons. The Labute approximate surface area is 128 Å². The van der Waals surface area contributed by atoms with Gasteiger partial charge in [-0.15, -0.1) is 0 Å². The minimum absolute atomic E-state index is 0.107. The van der Waals surface area contributed by atoms with Gasteiger partial charge in [-0.25, -0.2) is 9.37 Å². The Bertz CT molecular complexity index is 687. The van der Waals surface area contributed by atoms with Gasteiger partial charge in [0.1, 0.15) is 0 Å². The zero-order valence-corrected chi connectivity index (χ0v) is 13.2. The molecule has 0 saturated carbocycles. The Balaban J connectivity index is 2.09. The van der Waals surface area contributed by atoms with Crippen LogP contribution in [0.2, 0.25) is 0 Å². The van der Waals surface area contributed by atoms with Crippen molar-refractivity contribution in [1.29, 1.82) is 0 Å². The quantitative estimate of drug-likeness (QED) is 0.930. The number of imidazole rings is 1. The molecular formula is C14H21FN6O. The fraction of sp³-hybridized carbons (Fsp3) is 0.643. The first-order valence-electron chi connectivity index (χ1n) is 7.41. The molecule has 3 heterocycles. The molecule has 0 unspecified atom stereocenters. The third kappa shape index (κ3) is 2.18. The number of alkyl halides is 1. The van der Waals surface area contributed by atoms with E-state index in [1.165, 1.54) is 0 Å². The molecule has 0 aromatic carbocycles. The fourth-order valence-corrected chi connectivity index (χ4v) is 2.95. The molecule has 7 nitrogen and oxygen atoms in total. The highest BCUT2D eigenvalue weighted by atomic mass is 19.1. The molecule has 0 aliphatic carbocycles. The van der Waals surface area contributed by atoms with Crippen LogP contribution in [0.5, 0.6) is 0 Å². The molecule has 0 bridgehead atoms. The number of rotatable bonds is 3. The van der Waals surface area contributed by atoms with Crippen LogP contribution in [-0.2, 0) is 4.74 Å². The number of anilines is 2. The molecule has 1 aliphatic rings. The van der Waals surface area contributed by atoms with Gasteiger partial charge < -0.3 is 15.4 Å². The number of hydrogen-bond donors (Lipinski definition) is 1. The maximum atomic E-state index is 14.6. The Morgan fingerprint density at radius 3 is 2.73 bits per heavy atom. The number of halogens is 1. The third-order valence-corrected chi connectivity index (χ3v) is 4.20. The lowest BCUT2D eigenvalue weighted by Crippen LogP contribution is -2.20. The minimum Gasteiger partial charge on any atom is -0.368 e. The van der Waals surface area contributed by atoms with Crippen LogP contribution in [0, 0.1) is 5.92 Å². The summed E-state index contributed by atoms with van der Waals surface area (Å²) in [5.74, 6) is 0.571. The van der Waals surface area contributed by atoms with Gasteiger partial charge in [0.15, 0.2) is 29.4 Å². The number of ether oxygens (including phenoxy) is 1. The van der Waals surface area contributed by atoms with E-state index in [0.29, 0.717) is 17.0 Å². The number of aromatic nitrogens is 4. The SMILES string of the molecule is CC[C@H]1O[C@@H](n2cnc3c(N(C)C)nc(N)nc32)[C@H](F)[C@@H]1C. The lowest BCUT2D eigenvalue weighted by Gasteiger charge is -2.16. The summed E-state index contributed by atoms with van der Waals surface area (Å²) in [7, 11) is 3.69. The fourth-order valence-electron chi connectivity index (χ4n) is 2.95. The molecule has 1 fully saturated rings. The van der Waals surface area contributed by atoms with Gasteiger partial charge in [-0.1, -0.05) is 13.8 Å². The molecule has 1 aliphatic heterocycles. The highest BCUT2D eigenvalue weighted by molar-refractivity contribution is 5.84. The van der Waals surface area contributed by atoms with Crippen LogP contribution >= 0.6 is 0 Å². The van der Waals surface area contributed by atoms with Crippen LogP contribution in [0.1, 0.15) is 26.5 Å². The van der Waals surface area contributed by atoms with E-state index in [0.717, 1.165) is 6.42 Å². The van der Waals surface area contributed by atoms with Crippen molar-refractivity contribution in [1.82, 2.24) is 19.5 Å². The van der Waals surface area contributed by atoms with Crippen molar-refractivity contribution >= 4 is 22.9 Å². The topological polar surface area (TPSA) is 82.1 Å². The van der Waals surface area contributed by atoms with Crippen molar-refractivity contribution in [2.75, 3.05) is 24.7 Å². The molecule has 8 heteroatoms. The Morgan fingerprint density at radius 2 is 2.14 bits per heavy atom. The van der Waals surface area contributed by atoms with E-state index in [1.54, 1.807) is 15.8 Å². The van der Waals surface area contributed by atoms with E-state index in [-0.39, 0.29) is 18.0 Å². The molecule has 0 radical (unpaired) electrons. The number of nitrogen functional groups attached to an aromatic ring is 1. The van der Waals surface area contributed by atoms with E-state index in [1.807, 2.05) is 27.9 Å². The average molecular weight is 308 g/mol. The largest absolute Gasteiger partial charge is 0.368 e. The van der Waals surface area contributed by atoms with Gasteiger partial charge in [0.2, 0.25) is 5.95 Å². The maximum Gasteiger partial charge on any atom is 0.224 e. The molecule has 2 aromatic heterocycles. The van der Waals surface area contributed by atoms with E-state index in [9.17, 15) is 4.39 Å². The molecule has 2 N–H and O–H groups in total. The lowest BCUT2D eigenvalue weighted by molar-refractivity contribution is -0.0186. The number of nitrogens with two attached hydrogens (primary N) is 1. The van der Waals surface area contributed by atoms with Crippen LogP contribution in [0.15, 0.2) is 6.33 Å². The monoisotopic (exact) mass is 308 g/mol. The Hall–Kier alpha value is -1.96. The average Bonchev–Trinajstić information content (AvgIpc) is 3.00. The first-order valence-corrected chi connectivity index (χ1v) is 7.41. The van der Waals surface area contributed by atoms with Crippen molar-refractivity contribution in [3.8, 4) is 0 Å². The van der Waals surface area contributed by atoms with E-state index >= 15 is 0 Å². The predicted octanol–water partition coefficient (Wildman–Crippen LogP) is 1.76. The highest BCUT2D eigenvalue weighted by Crippen LogP contribution is 2.39. The van der Waals surface area contributed by atoms with Gasteiger partial charge in [-0.05, 0) is 6.42 Å². The molecule has 0 amide bonds. The molecule has 3 rings (SSSR count). The smallest absolute Gasteiger partial charge is 0.224 e. The summed E-state index contributed by atoms with van der Waals surface area (Å²) < 4.78 is 22.1. The summed E-state index contributed by atoms with van der Waals surface area (Å²) in [5, 5.41) is 0. The first kappa shape index (κ1) is 15.0. The van der Waals surface area contributed by atoms with E-state index in [2.05, 4.69) is 15.0 Å². The lowest BCUT2D eigenvalue weighted by atomic mass is 10.00. The maximum absolute atomic E-state index is 14.6. The standard InChI is InChI=1S/C14H21FN6O/c1-5-8-7(2)9(15)13(22-8)21-6-17-10-11(20(3)4)18-14(16)19-12(10)21/h6-9,13H,5H2,1-4H3,(H2,16,18,19)/t7-,8-,9-,13-/m1/s1.